The Morgan fingerprint density at radius 2 is 1.69 bits per heavy atom. The Morgan fingerprint density at radius 3 is 2.06 bits per heavy atom. The van der Waals surface area contributed by atoms with E-state index in [0.29, 0.717) is 6.92 Å². The second-order valence-electron chi connectivity index (χ2n) is 4.81. The Kier molecular flexibility index (Phi) is 3.48. The molecule has 90 valence electrons. The average Bonchev–Trinajstić information content (AvgIpc) is 2.04. The fourth-order valence-electron chi connectivity index (χ4n) is 1.24. The standard InChI is InChI=1S/C12H15ClF2O/c1-11(2,3)8-5-6-10(9(13)7-8)16-12(4,14)15/h5-7H,1-4H3. The zero-order valence-corrected chi connectivity index (χ0v) is 10.5. The van der Waals surface area contributed by atoms with Crippen molar-refractivity contribution < 1.29 is 13.5 Å². The maximum Gasteiger partial charge on any atom is 0.394 e. The van der Waals surface area contributed by atoms with Crippen molar-refractivity contribution in [1.82, 2.24) is 0 Å². The topological polar surface area (TPSA) is 9.23 Å². The number of alkyl halides is 2. The Labute approximate surface area is 99.4 Å². The van der Waals surface area contributed by atoms with Crippen LogP contribution in [-0.2, 0) is 5.41 Å². The molecule has 0 aliphatic carbocycles. The first kappa shape index (κ1) is 13.2. The highest BCUT2D eigenvalue weighted by molar-refractivity contribution is 6.32. The molecule has 0 amide bonds. The van der Waals surface area contributed by atoms with Gasteiger partial charge in [-0.2, -0.15) is 8.78 Å². The number of halogens is 3. The maximum absolute atomic E-state index is 12.6. The van der Waals surface area contributed by atoms with Crippen molar-refractivity contribution >= 4 is 11.6 Å². The molecule has 0 saturated carbocycles. The molecule has 0 aromatic heterocycles. The lowest BCUT2D eigenvalue weighted by Crippen LogP contribution is -2.19. The highest BCUT2D eigenvalue weighted by Gasteiger charge is 2.25. The van der Waals surface area contributed by atoms with Crippen LogP contribution >= 0.6 is 11.6 Å². The minimum atomic E-state index is -3.22. The van der Waals surface area contributed by atoms with Crippen LogP contribution in [0.15, 0.2) is 18.2 Å². The average molecular weight is 249 g/mol. The van der Waals surface area contributed by atoms with Crippen molar-refractivity contribution in [3.05, 3.63) is 28.8 Å². The summed E-state index contributed by atoms with van der Waals surface area (Å²) < 4.78 is 29.7. The fourth-order valence-corrected chi connectivity index (χ4v) is 1.46. The Morgan fingerprint density at radius 1 is 1.12 bits per heavy atom. The monoisotopic (exact) mass is 248 g/mol. The molecule has 1 nitrogen and oxygen atoms in total. The predicted molar refractivity (Wildman–Crippen MR) is 61.4 cm³/mol. The van der Waals surface area contributed by atoms with Crippen molar-refractivity contribution in [2.45, 2.75) is 39.2 Å². The fraction of sp³-hybridized carbons (Fsp3) is 0.500. The van der Waals surface area contributed by atoms with E-state index in [1.54, 1.807) is 12.1 Å². The van der Waals surface area contributed by atoms with Gasteiger partial charge in [0.15, 0.2) is 0 Å². The molecule has 0 unspecified atom stereocenters. The van der Waals surface area contributed by atoms with E-state index in [2.05, 4.69) is 4.74 Å². The molecule has 0 spiro atoms. The van der Waals surface area contributed by atoms with Crippen LogP contribution in [0.4, 0.5) is 8.78 Å². The molecule has 0 saturated heterocycles. The Balaban J connectivity index is 3.01. The summed E-state index contributed by atoms with van der Waals surface area (Å²) in [6.45, 7) is 6.75. The van der Waals surface area contributed by atoms with Gasteiger partial charge in [-0.3, -0.25) is 0 Å². The summed E-state index contributed by atoms with van der Waals surface area (Å²) in [6.07, 6.45) is -3.22. The third-order valence-electron chi connectivity index (χ3n) is 2.09. The van der Waals surface area contributed by atoms with Gasteiger partial charge in [-0.05, 0) is 23.1 Å². The van der Waals surface area contributed by atoms with Gasteiger partial charge < -0.3 is 4.74 Å². The molecule has 4 heteroatoms. The number of benzene rings is 1. The molecule has 0 bridgehead atoms. The van der Waals surface area contributed by atoms with Gasteiger partial charge in [-0.25, -0.2) is 0 Å². The smallest absolute Gasteiger partial charge is 0.394 e. The van der Waals surface area contributed by atoms with Gasteiger partial charge in [-0.15, -0.1) is 0 Å². The summed E-state index contributed by atoms with van der Waals surface area (Å²) in [5.74, 6) is 0.00201. The van der Waals surface area contributed by atoms with Crippen LogP contribution in [0.25, 0.3) is 0 Å². The number of ether oxygens (including phenoxy) is 1. The van der Waals surface area contributed by atoms with Crippen molar-refractivity contribution in [2.24, 2.45) is 0 Å². The quantitative estimate of drug-likeness (QED) is 0.742. The molecule has 0 aliphatic rings. The van der Waals surface area contributed by atoms with Gasteiger partial charge in [0.2, 0.25) is 0 Å². The Hall–Kier alpha value is -0.830. The van der Waals surface area contributed by atoms with E-state index >= 15 is 0 Å². The second-order valence-corrected chi connectivity index (χ2v) is 5.21. The zero-order valence-electron chi connectivity index (χ0n) is 9.77. The molecule has 1 aromatic carbocycles. The van der Waals surface area contributed by atoms with Crippen LogP contribution < -0.4 is 4.74 Å². The van der Waals surface area contributed by atoms with Crippen molar-refractivity contribution in [3.8, 4) is 5.75 Å². The molecule has 0 heterocycles. The molecule has 16 heavy (non-hydrogen) atoms. The molecular formula is C12H15ClF2O. The first-order valence-corrected chi connectivity index (χ1v) is 5.34. The van der Waals surface area contributed by atoms with Gasteiger partial charge >= 0.3 is 6.11 Å². The normalized spacial score (nSPS) is 12.7. The van der Waals surface area contributed by atoms with Crippen LogP contribution in [0.5, 0.6) is 5.75 Å². The maximum atomic E-state index is 12.6. The summed E-state index contributed by atoms with van der Waals surface area (Å²) in [4.78, 5) is 0. The van der Waals surface area contributed by atoms with Crippen molar-refractivity contribution in [2.75, 3.05) is 0 Å². The van der Waals surface area contributed by atoms with E-state index in [1.807, 2.05) is 20.8 Å². The number of hydrogen-bond donors (Lipinski definition) is 0. The van der Waals surface area contributed by atoms with Crippen molar-refractivity contribution in [1.29, 1.82) is 0 Å². The molecular weight excluding hydrogens is 234 g/mol. The third-order valence-corrected chi connectivity index (χ3v) is 2.38. The van der Waals surface area contributed by atoms with Crippen molar-refractivity contribution in [3.63, 3.8) is 0 Å². The SMILES string of the molecule is CC(F)(F)Oc1ccc(C(C)(C)C)cc1Cl. The van der Waals surface area contributed by atoms with Gasteiger partial charge in [0, 0.05) is 6.92 Å². The van der Waals surface area contributed by atoms with E-state index in [4.69, 9.17) is 11.6 Å². The summed E-state index contributed by atoms with van der Waals surface area (Å²) in [7, 11) is 0. The lowest BCUT2D eigenvalue weighted by atomic mass is 9.87. The Bertz CT molecular complexity index is 378. The van der Waals surface area contributed by atoms with Gasteiger partial charge in [0.1, 0.15) is 5.75 Å². The van der Waals surface area contributed by atoms with E-state index in [-0.39, 0.29) is 16.2 Å². The second kappa shape index (κ2) is 4.21. The molecule has 0 N–H and O–H groups in total. The molecule has 0 radical (unpaired) electrons. The summed E-state index contributed by atoms with van der Waals surface area (Å²) in [6, 6.07) is 4.87. The summed E-state index contributed by atoms with van der Waals surface area (Å²) in [5, 5.41) is 0.203. The van der Waals surface area contributed by atoms with Gasteiger partial charge in [0.25, 0.3) is 0 Å². The highest BCUT2D eigenvalue weighted by atomic mass is 35.5. The van der Waals surface area contributed by atoms with E-state index in [0.717, 1.165) is 5.56 Å². The minimum Gasteiger partial charge on any atom is -0.431 e. The van der Waals surface area contributed by atoms with Crippen LogP contribution in [0.2, 0.25) is 5.02 Å². The van der Waals surface area contributed by atoms with Crippen LogP contribution in [0.1, 0.15) is 33.3 Å². The molecule has 0 fully saturated rings. The summed E-state index contributed by atoms with van der Waals surface area (Å²) >= 11 is 5.88. The number of hydrogen-bond acceptors (Lipinski definition) is 1. The first-order chi connectivity index (χ1) is 7.09. The minimum absolute atomic E-state index is 0.00201. The number of rotatable bonds is 2. The van der Waals surface area contributed by atoms with Gasteiger partial charge in [0.05, 0.1) is 5.02 Å². The zero-order chi connectivity index (χ0) is 12.6. The van der Waals surface area contributed by atoms with Crippen LogP contribution in [0, 0.1) is 0 Å². The van der Waals surface area contributed by atoms with Crippen LogP contribution in [-0.4, -0.2) is 6.11 Å². The molecule has 0 atom stereocenters. The van der Waals surface area contributed by atoms with Crippen LogP contribution in [0.3, 0.4) is 0 Å². The molecule has 0 aliphatic heterocycles. The highest BCUT2D eigenvalue weighted by Crippen LogP contribution is 2.33. The third kappa shape index (κ3) is 3.63. The largest absolute Gasteiger partial charge is 0.431 e. The lowest BCUT2D eigenvalue weighted by molar-refractivity contribution is -0.158. The predicted octanol–water partition coefficient (Wildman–Crippen LogP) is 4.63. The van der Waals surface area contributed by atoms with E-state index in [1.165, 1.54) is 6.07 Å². The molecule has 1 rings (SSSR count). The lowest BCUT2D eigenvalue weighted by Gasteiger charge is -2.21. The first-order valence-electron chi connectivity index (χ1n) is 4.96. The van der Waals surface area contributed by atoms with E-state index < -0.39 is 6.11 Å². The van der Waals surface area contributed by atoms with E-state index in [9.17, 15) is 8.78 Å². The summed E-state index contributed by atoms with van der Waals surface area (Å²) in [5.41, 5.74) is 0.904. The van der Waals surface area contributed by atoms with Gasteiger partial charge in [-0.1, -0.05) is 38.4 Å². The molecule has 1 aromatic rings.